The maximum absolute atomic E-state index is 11.5. The first kappa shape index (κ1) is 14.9. The van der Waals surface area contributed by atoms with Crippen molar-refractivity contribution >= 4 is 19.0 Å². The number of carbonyl (C=O) groups excluding carboxylic acids is 1. The Morgan fingerprint density at radius 2 is 1.85 bits per heavy atom. The predicted octanol–water partition coefficient (Wildman–Crippen LogP) is 2.93. The number of hydrogen-bond acceptors (Lipinski definition) is 4. The highest BCUT2D eigenvalue weighted by atomic mass is 16.7. The first-order chi connectivity index (χ1) is 9.23. The van der Waals surface area contributed by atoms with Crippen LogP contribution in [0.15, 0.2) is 24.4 Å². The standard InChI is InChI=1S/C15H20BNO3/c1-11(18)13-7-9-17-10-12(13)6-8-16-19-14(2,3)15(4,5)20-16/h6-10H,1-5H3/b8-6+. The van der Waals surface area contributed by atoms with Crippen LogP contribution in [0.1, 0.15) is 50.5 Å². The van der Waals surface area contributed by atoms with Gasteiger partial charge in [-0.3, -0.25) is 9.78 Å². The summed E-state index contributed by atoms with van der Waals surface area (Å²) in [4.78, 5) is 15.6. The molecule has 0 N–H and O–H groups in total. The Kier molecular flexibility index (Phi) is 3.85. The zero-order chi connectivity index (χ0) is 15.0. The molecule has 5 heteroatoms. The Hall–Kier alpha value is -1.46. The lowest BCUT2D eigenvalue weighted by molar-refractivity contribution is 0.00578. The van der Waals surface area contributed by atoms with Crippen LogP contribution in [0.4, 0.5) is 0 Å². The molecule has 20 heavy (non-hydrogen) atoms. The van der Waals surface area contributed by atoms with Gasteiger partial charge in [0.15, 0.2) is 5.78 Å². The molecular formula is C15H20BNO3. The average Bonchev–Trinajstić information content (AvgIpc) is 2.55. The molecule has 0 aromatic carbocycles. The molecule has 1 fully saturated rings. The summed E-state index contributed by atoms with van der Waals surface area (Å²) < 4.78 is 11.7. The van der Waals surface area contributed by atoms with Crippen LogP contribution in [0.5, 0.6) is 0 Å². The Bertz CT molecular complexity index is 536. The van der Waals surface area contributed by atoms with Crippen molar-refractivity contribution in [2.45, 2.75) is 45.8 Å². The number of carbonyl (C=O) groups is 1. The van der Waals surface area contributed by atoms with Gasteiger partial charge in [0.1, 0.15) is 0 Å². The lowest BCUT2D eigenvalue weighted by Gasteiger charge is -2.32. The molecule has 0 aliphatic carbocycles. The molecule has 1 saturated heterocycles. The van der Waals surface area contributed by atoms with Crippen molar-refractivity contribution in [3.63, 3.8) is 0 Å². The summed E-state index contributed by atoms with van der Waals surface area (Å²) in [6, 6.07) is 1.71. The molecule has 0 unspecified atom stereocenters. The van der Waals surface area contributed by atoms with Crippen LogP contribution in [0.2, 0.25) is 0 Å². The van der Waals surface area contributed by atoms with E-state index in [0.717, 1.165) is 5.56 Å². The first-order valence-electron chi connectivity index (χ1n) is 6.72. The fourth-order valence-corrected chi connectivity index (χ4v) is 2.01. The van der Waals surface area contributed by atoms with Crippen molar-refractivity contribution in [2.24, 2.45) is 0 Å². The maximum atomic E-state index is 11.5. The number of nitrogens with zero attached hydrogens (tertiary/aromatic N) is 1. The lowest BCUT2D eigenvalue weighted by Crippen LogP contribution is -2.41. The van der Waals surface area contributed by atoms with Gasteiger partial charge in [0.05, 0.1) is 11.2 Å². The van der Waals surface area contributed by atoms with Gasteiger partial charge in [-0.2, -0.15) is 0 Å². The fourth-order valence-electron chi connectivity index (χ4n) is 2.01. The molecule has 1 aromatic heterocycles. The van der Waals surface area contributed by atoms with Crippen molar-refractivity contribution in [2.75, 3.05) is 0 Å². The third kappa shape index (κ3) is 2.84. The van der Waals surface area contributed by atoms with Gasteiger partial charge in [0, 0.05) is 23.5 Å². The molecule has 1 aliphatic rings. The summed E-state index contributed by atoms with van der Waals surface area (Å²) in [7, 11) is -0.417. The molecule has 0 saturated carbocycles. The van der Waals surface area contributed by atoms with Gasteiger partial charge < -0.3 is 9.31 Å². The second-order valence-corrected chi connectivity index (χ2v) is 6.00. The van der Waals surface area contributed by atoms with Gasteiger partial charge in [-0.25, -0.2) is 0 Å². The van der Waals surface area contributed by atoms with Gasteiger partial charge in [-0.05, 0) is 40.7 Å². The quantitative estimate of drug-likeness (QED) is 0.627. The number of aromatic nitrogens is 1. The van der Waals surface area contributed by atoms with Crippen LogP contribution in [-0.2, 0) is 9.31 Å². The normalized spacial score (nSPS) is 20.6. The van der Waals surface area contributed by atoms with E-state index in [4.69, 9.17) is 9.31 Å². The monoisotopic (exact) mass is 273 g/mol. The second kappa shape index (κ2) is 5.15. The number of rotatable bonds is 3. The number of hydrogen-bond donors (Lipinski definition) is 0. The van der Waals surface area contributed by atoms with E-state index < -0.39 is 7.12 Å². The minimum Gasteiger partial charge on any atom is -0.400 e. The zero-order valence-electron chi connectivity index (χ0n) is 12.6. The smallest absolute Gasteiger partial charge is 0.400 e. The summed E-state index contributed by atoms with van der Waals surface area (Å²) in [6.45, 7) is 9.57. The first-order valence-corrected chi connectivity index (χ1v) is 6.72. The van der Waals surface area contributed by atoms with E-state index in [1.165, 1.54) is 0 Å². The third-order valence-corrected chi connectivity index (χ3v) is 3.94. The molecule has 106 valence electrons. The van der Waals surface area contributed by atoms with E-state index in [9.17, 15) is 4.79 Å². The van der Waals surface area contributed by atoms with Crippen molar-refractivity contribution in [3.05, 3.63) is 35.6 Å². The van der Waals surface area contributed by atoms with E-state index in [1.807, 2.05) is 39.7 Å². The highest BCUT2D eigenvalue weighted by molar-refractivity contribution is 6.52. The molecule has 0 radical (unpaired) electrons. The molecule has 2 rings (SSSR count). The molecule has 4 nitrogen and oxygen atoms in total. The SMILES string of the molecule is CC(=O)c1ccncc1/C=C/B1OC(C)(C)C(C)(C)O1. The lowest BCUT2D eigenvalue weighted by atomic mass is 9.88. The molecule has 1 aliphatic heterocycles. The van der Waals surface area contributed by atoms with E-state index in [2.05, 4.69) is 4.98 Å². The van der Waals surface area contributed by atoms with Crippen molar-refractivity contribution < 1.29 is 14.1 Å². The van der Waals surface area contributed by atoms with Crippen LogP contribution >= 0.6 is 0 Å². The Morgan fingerprint density at radius 1 is 1.25 bits per heavy atom. The van der Waals surface area contributed by atoms with Crippen LogP contribution in [0.3, 0.4) is 0 Å². The molecular weight excluding hydrogens is 253 g/mol. The fraction of sp³-hybridized carbons (Fsp3) is 0.467. The van der Waals surface area contributed by atoms with Gasteiger partial charge in [0.25, 0.3) is 0 Å². The second-order valence-electron chi connectivity index (χ2n) is 6.00. The summed E-state index contributed by atoms with van der Waals surface area (Å²) in [5, 5.41) is 0. The number of ketones is 1. The summed E-state index contributed by atoms with van der Waals surface area (Å²) in [5.41, 5.74) is 0.697. The van der Waals surface area contributed by atoms with Gasteiger partial charge >= 0.3 is 7.12 Å². The van der Waals surface area contributed by atoms with Gasteiger partial charge in [-0.1, -0.05) is 12.1 Å². The van der Waals surface area contributed by atoms with Crippen molar-refractivity contribution in [1.82, 2.24) is 4.98 Å². The average molecular weight is 273 g/mol. The summed E-state index contributed by atoms with van der Waals surface area (Å²) in [6.07, 6.45) is 5.10. The number of Topliss-reactive ketones (excluding diaryl/α,β-unsaturated/α-hetero) is 1. The Balaban J connectivity index is 2.18. The van der Waals surface area contributed by atoms with E-state index in [-0.39, 0.29) is 17.0 Å². The van der Waals surface area contributed by atoms with E-state index >= 15 is 0 Å². The van der Waals surface area contributed by atoms with Gasteiger partial charge in [0.2, 0.25) is 0 Å². The van der Waals surface area contributed by atoms with Crippen molar-refractivity contribution in [3.8, 4) is 0 Å². The van der Waals surface area contributed by atoms with Gasteiger partial charge in [-0.15, -0.1) is 0 Å². The molecule has 0 atom stereocenters. The molecule has 0 bridgehead atoms. The Morgan fingerprint density at radius 3 is 2.40 bits per heavy atom. The minimum absolute atomic E-state index is 0.0148. The van der Waals surface area contributed by atoms with Crippen LogP contribution in [0, 0.1) is 0 Å². The molecule has 2 heterocycles. The minimum atomic E-state index is -0.417. The largest absolute Gasteiger partial charge is 0.487 e. The van der Waals surface area contributed by atoms with E-state index in [0.29, 0.717) is 5.56 Å². The maximum Gasteiger partial charge on any atom is 0.487 e. The van der Waals surface area contributed by atoms with Crippen LogP contribution in [0.25, 0.3) is 6.08 Å². The zero-order valence-corrected chi connectivity index (χ0v) is 12.6. The summed E-state index contributed by atoms with van der Waals surface area (Å²) in [5.74, 6) is 1.83. The van der Waals surface area contributed by atoms with Crippen LogP contribution < -0.4 is 0 Å². The Labute approximate surface area is 120 Å². The summed E-state index contributed by atoms with van der Waals surface area (Å²) >= 11 is 0. The highest BCUT2D eigenvalue weighted by Gasteiger charge is 2.49. The molecule has 0 amide bonds. The highest BCUT2D eigenvalue weighted by Crippen LogP contribution is 2.37. The molecule has 1 aromatic rings. The number of pyridine rings is 1. The molecule has 0 spiro atoms. The third-order valence-electron chi connectivity index (χ3n) is 3.94. The van der Waals surface area contributed by atoms with Crippen LogP contribution in [-0.4, -0.2) is 29.1 Å². The topological polar surface area (TPSA) is 48.4 Å². The predicted molar refractivity (Wildman–Crippen MR) is 79.4 cm³/mol. The van der Waals surface area contributed by atoms with E-state index in [1.54, 1.807) is 25.4 Å². The van der Waals surface area contributed by atoms with Crippen molar-refractivity contribution in [1.29, 1.82) is 0 Å².